The van der Waals surface area contributed by atoms with Crippen LogP contribution in [-0.2, 0) is 11.3 Å². The second-order valence-corrected chi connectivity index (χ2v) is 10.1. The first-order valence-corrected chi connectivity index (χ1v) is 12.6. The van der Waals surface area contributed by atoms with Crippen molar-refractivity contribution in [2.45, 2.75) is 49.8 Å². The number of benzene rings is 1. The molecular weight excluding hydrogens is 459 g/mol. The Hall–Kier alpha value is -1.54. The Labute approximate surface area is 194 Å². The summed E-state index contributed by atoms with van der Waals surface area (Å²) in [5.74, 6) is 1.02. The van der Waals surface area contributed by atoms with E-state index in [4.69, 9.17) is 23.2 Å². The maximum atomic E-state index is 12.3. The highest BCUT2D eigenvalue weighted by Gasteiger charge is 2.25. The first kappa shape index (κ1) is 21.7. The average Bonchev–Trinajstić information content (AvgIpc) is 3.41. The van der Waals surface area contributed by atoms with Gasteiger partial charge in [0, 0.05) is 21.5 Å². The van der Waals surface area contributed by atoms with E-state index in [1.54, 1.807) is 17.4 Å². The summed E-state index contributed by atoms with van der Waals surface area (Å²) in [5, 5.41) is 15.7. The van der Waals surface area contributed by atoms with Gasteiger partial charge in [-0.2, -0.15) is 0 Å². The van der Waals surface area contributed by atoms with Crippen molar-refractivity contribution in [2.75, 3.05) is 5.75 Å². The largest absolute Gasteiger partial charge is 0.350 e. The zero-order valence-electron chi connectivity index (χ0n) is 16.3. The smallest absolute Gasteiger partial charge is 0.230 e. The van der Waals surface area contributed by atoms with Gasteiger partial charge >= 0.3 is 0 Å². The van der Waals surface area contributed by atoms with Gasteiger partial charge in [-0.05, 0) is 42.5 Å². The van der Waals surface area contributed by atoms with Crippen molar-refractivity contribution in [3.63, 3.8) is 0 Å². The fourth-order valence-corrected chi connectivity index (χ4v) is 5.65. The molecule has 1 aliphatic carbocycles. The summed E-state index contributed by atoms with van der Waals surface area (Å²) >= 11 is 15.6. The highest BCUT2D eigenvalue weighted by Crippen LogP contribution is 2.38. The molecule has 2 aromatic heterocycles. The maximum Gasteiger partial charge on any atom is 0.230 e. The molecule has 5 nitrogen and oxygen atoms in total. The quantitative estimate of drug-likeness (QED) is 0.407. The van der Waals surface area contributed by atoms with Gasteiger partial charge in [-0.25, -0.2) is 0 Å². The van der Waals surface area contributed by atoms with Crippen LogP contribution in [0.2, 0.25) is 10.0 Å². The molecule has 1 aromatic carbocycles. The molecule has 158 valence electrons. The lowest BCUT2D eigenvalue weighted by molar-refractivity contribution is -0.118. The number of nitrogens with zero attached hydrogens (tertiary/aromatic N) is 3. The van der Waals surface area contributed by atoms with Gasteiger partial charge < -0.3 is 5.32 Å². The summed E-state index contributed by atoms with van der Waals surface area (Å²) in [6, 6.07) is 9.73. The number of thioether (sulfide) groups is 1. The number of aromatic nitrogens is 3. The monoisotopic (exact) mass is 480 g/mol. The predicted molar refractivity (Wildman–Crippen MR) is 124 cm³/mol. The Kier molecular flexibility index (Phi) is 7.36. The minimum absolute atomic E-state index is 0.0160. The number of amides is 1. The molecule has 1 N–H and O–H groups in total. The van der Waals surface area contributed by atoms with Crippen LogP contribution in [0.3, 0.4) is 0 Å². The van der Waals surface area contributed by atoms with Gasteiger partial charge in [0.2, 0.25) is 5.91 Å². The van der Waals surface area contributed by atoms with Crippen LogP contribution in [0.5, 0.6) is 0 Å². The van der Waals surface area contributed by atoms with E-state index in [1.165, 1.54) is 31.0 Å². The Balaban J connectivity index is 1.53. The van der Waals surface area contributed by atoms with Crippen LogP contribution >= 0.6 is 46.3 Å². The maximum absolute atomic E-state index is 12.3. The van der Waals surface area contributed by atoms with Crippen LogP contribution in [0.15, 0.2) is 40.9 Å². The first-order chi connectivity index (χ1) is 14.6. The van der Waals surface area contributed by atoms with Gasteiger partial charge in [0.05, 0.1) is 17.3 Å². The van der Waals surface area contributed by atoms with E-state index in [-0.39, 0.29) is 5.91 Å². The Morgan fingerprint density at radius 2 is 2.03 bits per heavy atom. The van der Waals surface area contributed by atoms with E-state index in [2.05, 4.69) is 20.1 Å². The molecule has 0 saturated heterocycles. The van der Waals surface area contributed by atoms with E-state index in [0.29, 0.717) is 28.4 Å². The summed E-state index contributed by atoms with van der Waals surface area (Å²) in [6.07, 6.45) is 5.77. The summed E-state index contributed by atoms with van der Waals surface area (Å²) < 4.78 is 2.17. The van der Waals surface area contributed by atoms with Gasteiger partial charge in [-0.15, -0.1) is 21.5 Å². The number of hydrogen-bond acceptors (Lipinski definition) is 5. The topological polar surface area (TPSA) is 59.8 Å². The van der Waals surface area contributed by atoms with Crippen LogP contribution < -0.4 is 5.32 Å². The fourth-order valence-electron chi connectivity index (χ4n) is 3.68. The normalized spacial score (nSPS) is 14.7. The van der Waals surface area contributed by atoms with Gasteiger partial charge in [0.15, 0.2) is 11.0 Å². The molecule has 0 spiro atoms. The minimum atomic E-state index is -0.0160. The van der Waals surface area contributed by atoms with Gasteiger partial charge in [-0.1, -0.05) is 60.3 Å². The zero-order valence-corrected chi connectivity index (χ0v) is 19.5. The molecule has 4 rings (SSSR count). The summed E-state index contributed by atoms with van der Waals surface area (Å²) in [5.41, 5.74) is 0.813. The lowest BCUT2D eigenvalue weighted by Gasteiger charge is -2.25. The van der Waals surface area contributed by atoms with E-state index < -0.39 is 0 Å². The SMILES string of the molecule is O=C(CSc1nnc(-c2ccc(Cl)cc2Cl)n1C1CCCCC1)NCc1cccs1. The van der Waals surface area contributed by atoms with Crippen molar-refractivity contribution in [1.82, 2.24) is 20.1 Å². The van der Waals surface area contributed by atoms with E-state index >= 15 is 0 Å². The highest BCUT2D eigenvalue weighted by molar-refractivity contribution is 7.99. The Morgan fingerprint density at radius 1 is 1.20 bits per heavy atom. The van der Waals surface area contributed by atoms with E-state index in [0.717, 1.165) is 34.3 Å². The molecular formula is C21H22Cl2N4OS2. The Morgan fingerprint density at radius 3 is 2.77 bits per heavy atom. The molecule has 0 atom stereocenters. The molecule has 0 radical (unpaired) electrons. The third-order valence-corrected chi connectivity index (χ3v) is 7.52. The van der Waals surface area contributed by atoms with Gasteiger partial charge in [0.25, 0.3) is 0 Å². The van der Waals surface area contributed by atoms with Crippen LogP contribution in [-0.4, -0.2) is 26.4 Å². The van der Waals surface area contributed by atoms with Gasteiger partial charge in [-0.3, -0.25) is 9.36 Å². The fraction of sp³-hybridized carbons (Fsp3) is 0.381. The third-order valence-electron chi connectivity index (χ3n) is 5.15. The van der Waals surface area contributed by atoms with E-state index in [1.807, 2.05) is 29.6 Å². The highest BCUT2D eigenvalue weighted by atomic mass is 35.5. The summed E-state index contributed by atoms with van der Waals surface area (Å²) in [6.45, 7) is 0.554. The number of thiophene rings is 1. The number of carbonyl (C=O) groups is 1. The molecule has 1 aliphatic rings. The lowest BCUT2D eigenvalue weighted by Crippen LogP contribution is -2.24. The number of hydrogen-bond donors (Lipinski definition) is 1. The first-order valence-electron chi connectivity index (χ1n) is 9.94. The molecule has 0 bridgehead atoms. The summed E-state index contributed by atoms with van der Waals surface area (Å²) in [4.78, 5) is 13.5. The molecule has 30 heavy (non-hydrogen) atoms. The van der Waals surface area contributed by atoms with Gasteiger partial charge in [0.1, 0.15) is 0 Å². The third kappa shape index (κ3) is 5.19. The summed E-state index contributed by atoms with van der Waals surface area (Å²) in [7, 11) is 0. The average molecular weight is 481 g/mol. The second kappa shape index (κ2) is 10.2. The Bertz CT molecular complexity index is 1000. The van der Waals surface area contributed by atoms with Crippen molar-refractivity contribution in [2.24, 2.45) is 0 Å². The molecule has 2 heterocycles. The number of nitrogens with one attached hydrogen (secondary N) is 1. The molecule has 0 aliphatic heterocycles. The molecule has 9 heteroatoms. The van der Waals surface area contributed by atoms with Crippen molar-refractivity contribution >= 4 is 52.2 Å². The molecule has 3 aromatic rings. The molecule has 1 saturated carbocycles. The number of carbonyl (C=O) groups excluding carboxylic acids is 1. The number of rotatable bonds is 7. The zero-order chi connectivity index (χ0) is 20.9. The standard InChI is InChI=1S/C21H22Cl2N4OS2/c22-14-8-9-17(18(23)11-14)20-25-26-21(27(20)15-5-2-1-3-6-15)30-13-19(28)24-12-16-7-4-10-29-16/h4,7-11,15H,1-3,5-6,12-13H2,(H,24,28). The number of halogens is 2. The second-order valence-electron chi connectivity index (χ2n) is 7.24. The van der Waals surface area contributed by atoms with Crippen molar-refractivity contribution in [3.8, 4) is 11.4 Å². The van der Waals surface area contributed by atoms with Crippen LogP contribution in [0.4, 0.5) is 0 Å². The molecule has 1 fully saturated rings. The van der Waals surface area contributed by atoms with Crippen molar-refractivity contribution < 1.29 is 4.79 Å². The van der Waals surface area contributed by atoms with Crippen molar-refractivity contribution in [1.29, 1.82) is 0 Å². The lowest BCUT2D eigenvalue weighted by atomic mass is 9.95. The van der Waals surface area contributed by atoms with Crippen LogP contribution in [0.25, 0.3) is 11.4 Å². The molecule has 1 amide bonds. The minimum Gasteiger partial charge on any atom is -0.350 e. The molecule has 0 unspecified atom stereocenters. The predicted octanol–water partition coefficient (Wildman–Crippen LogP) is 6.23. The van der Waals surface area contributed by atoms with Crippen LogP contribution in [0.1, 0.15) is 43.0 Å². The van der Waals surface area contributed by atoms with E-state index in [9.17, 15) is 4.79 Å². The van der Waals surface area contributed by atoms with Crippen molar-refractivity contribution in [3.05, 3.63) is 50.6 Å². The van der Waals surface area contributed by atoms with Crippen LogP contribution in [0, 0.1) is 0 Å².